The third kappa shape index (κ3) is 3.89. The SMILES string of the molecule is COCC(C)n1c(C(F)(F)F)nc2cc(F)c(-n3c(=O)cc(C(F)(F)F)n(C)c3=O)cc21. The number of fused-ring (bicyclic) bond motifs is 1. The highest BCUT2D eigenvalue weighted by Crippen LogP contribution is 2.35. The number of ether oxygens (including phenoxy) is 1. The van der Waals surface area contributed by atoms with E-state index >= 15 is 0 Å². The molecule has 2 heterocycles. The van der Waals surface area contributed by atoms with Gasteiger partial charge in [-0.25, -0.2) is 18.7 Å². The summed E-state index contributed by atoms with van der Waals surface area (Å²) in [6.07, 6.45) is -9.97. The molecular formula is C18H15F7N4O3. The first-order valence-corrected chi connectivity index (χ1v) is 8.86. The lowest BCUT2D eigenvalue weighted by atomic mass is 10.2. The molecule has 7 nitrogen and oxygen atoms in total. The summed E-state index contributed by atoms with van der Waals surface area (Å²) in [5, 5.41) is 0. The van der Waals surface area contributed by atoms with Crippen molar-refractivity contribution in [2.45, 2.75) is 25.3 Å². The maximum absolute atomic E-state index is 14.7. The van der Waals surface area contributed by atoms with Crippen LogP contribution in [0.2, 0.25) is 0 Å². The second kappa shape index (κ2) is 7.76. The Kier molecular flexibility index (Phi) is 5.70. The van der Waals surface area contributed by atoms with Gasteiger partial charge in [-0.05, 0) is 13.0 Å². The van der Waals surface area contributed by atoms with Crippen molar-refractivity contribution >= 4 is 11.0 Å². The van der Waals surface area contributed by atoms with Gasteiger partial charge in [0, 0.05) is 26.3 Å². The largest absolute Gasteiger partial charge is 0.449 e. The van der Waals surface area contributed by atoms with Crippen molar-refractivity contribution < 1.29 is 35.5 Å². The molecule has 0 aliphatic carbocycles. The summed E-state index contributed by atoms with van der Waals surface area (Å²) in [5.74, 6) is -2.70. The van der Waals surface area contributed by atoms with Crippen LogP contribution in [-0.2, 0) is 24.1 Å². The van der Waals surface area contributed by atoms with E-state index in [1.807, 2.05) is 0 Å². The molecule has 0 radical (unpaired) electrons. The van der Waals surface area contributed by atoms with Crippen molar-refractivity contribution in [3.8, 4) is 5.69 Å². The number of imidazole rings is 1. The number of benzene rings is 1. The number of alkyl halides is 6. The van der Waals surface area contributed by atoms with Gasteiger partial charge in [-0.15, -0.1) is 0 Å². The molecule has 0 N–H and O–H groups in total. The fourth-order valence-corrected chi connectivity index (χ4v) is 3.36. The Hall–Kier alpha value is -3.16. The van der Waals surface area contributed by atoms with E-state index in [2.05, 4.69) is 4.98 Å². The predicted molar refractivity (Wildman–Crippen MR) is 97.1 cm³/mol. The molecule has 0 bridgehead atoms. The maximum Gasteiger partial charge on any atom is 0.449 e. The highest BCUT2D eigenvalue weighted by molar-refractivity contribution is 5.79. The van der Waals surface area contributed by atoms with E-state index in [4.69, 9.17) is 4.74 Å². The second-order valence-electron chi connectivity index (χ2n) is 6.94. The van der Waals surface area contributed by atoms with Crippen LogP contribution in [0.1, 0.15) is 24.5 Å². The van der Waals surface area contributed by atoms with E-state index in [0.717, 1.165) is 13.1 Å². The standard InChI is InChI=1S/C18H15F7N4O3/c1-8(7-32-3)28-12-5-11(9(19)4-10(12)26-15(28)18(23,24)25)29-14(30)6-13(17(20,21)22)27(2)16(29)31/h4-6,8H,7H2,1-3H3. The minimum atomic E-state index is -5.04. The molecule has 0 aliphatic heterocycles. The van der Waals surface area contributed by atoms with Crippen LogP contribution in [0.15, 0.2) is 27.8 Å². The number of rotatable bonds is 4. The van der Waals surface area contributed by atoms with Crippen LogP contribution in [0, 0.1) is 5.82 Å². The molecule has 1 unspecified atom stereocenters. The Morgan fingerprint density at radius 3 is 2.22 bits per heavy atom. The first-order valence-electron chi connectivity index (χ1n) is 8.86. The Morgan fingerprint density at radius 2 is 1.69 bits per heavy atom. The van der Waals surface area contributed by atoms with Crippen LogP contribution in [0.4, 0.5) is 30.7 Å². The van der Waals surface area contributed by atoms with Crippen molar-refractivity contribution in [2.24, 2.45) is 7.05 Å². The maximum atomic E-state index is 14.7. The molecule has 1 atom stereocenters. The number of hydrogen-bond donors (Lipinski definition) is 0. The molecular weight excluding hydrogens is 453 g/mol. The number of nitrogens with zero attached hydrogens (tertiary/aromatic N) is 4. The van der Waals surface area contributed by atoms with Crippen LogP contribution < -0.4 is 11.2 Å². The average molecular weight is 468 g/mol. The molecule has 3 aromatic rings. The number of hydrogen-bond acceptors (Lipinski definition) is 4. The van der Waals surface area contributed by atoms with Gasteiger partial charge in [0.25, 0.3) is 5.56 Å². The van der Waals surface area contributed by atoms with Gasteiger partial charge in [0.15, 0.2) is 0 Å². The Balaban J connectivity index is 2.39. The fourth-order valence-electron chi connectivity index (χ4n) is 3.36. The summed E-state index contributed by atoms with van der Waals surface area (Å²) in [6.45, 7) is 1.18. The van der Waals surface area contributed by atoms with Gasteiger partial charge in [0.05, 0.1) is 29.4 Å². The van der Waals surface area contributed by atoms with Crippen LogP contribution >= 0.6 is 0 Å². The molecule has 0 saturated heterocycles. The second-order valence-corrected chi connectivity index (χ2v) is 6.94. The van der Waals surface area contributed by atoms with E-state index in [9.17, 15) is 40.3 Å². The minimum Gasteiger partial charge on any atom is -0.383 e. The third-order valence-electron chi connectivity index (χ3n) is 4.71. The molecule has 0 amide bonds. The minimum absolute atomic E-state index is 0.0943. The van der Waals surface area contributed by atoms with Gasteiger partial charge >= 0.3 is 18.0 Å². The highest BCUT2D eigenvalue weighted by atomic mass is 19.4. The van der Waals surface area contributed by atoms with Crippen molar-refractivity contribution in [3.63, 3.8) is 0 Å². The topological polar surface area (TPSA) is 71.0 Å². The summed E-state index contributed by atoms with van der Waals surface area (Å²) < 4.78 is 100. The lowest BCUT2D eigenvalue weighted by Gasteiger charge is -2.18. The first-order chi connectivity index (χ1) is 14.7. The molecule has 3 rings (SSSR count). The normalized spacial score (nSPS) is 13.7. The van der Waals surface area contributed by atoms with Gasteiger partial charge in [-0.3, -0.25) is 9.36 Å². The van der Waals surface area contributed by atoms with E-state index in [0.29, 0.717) is 10.6 Å². The van der Waals surface area contributed by atoms with Gasteiger partial charge in [-0.2, -0.15) is 26.3 Å². The van der Waals surface area contributed by atoms with Gasteiger partial charge < -0.3 is 9.30 Å². The summed E-state index contributed by atoms with van der Waals surface area (Å²) in [4.78, 5) is 28.2. The Labute approximate surface area is 174 Å². The monoisotopic (exact) mass is 468 g/mol. The third-order valence-corrected chi connectivity index (χ3v) is 4.71. The molecule has 0 spiro atoms. The van der Waals surface area contributed by atoms with Crippen LogP contribution in [-0.4, -0.2) is 32.4 Å². The quantitative estimate of drug-likeness (QED) is 0.552. The lowest BCUT2D eigenvalue weighted by Crippen LogP contribution is -2.41. The van der Waals surface area contributed by atoms with E-state index < -0.39 is 58.2 Å². The molecule has 2 aromatic heterocycles. The Morgan fingerprint density at radius 1 is 1.06 bits per heavy atom. The highest BCUT2D eigenvalue weighted by Gasteiger charge is 2.39. The summed E-state index contributed by atoms with van der Waals surface area (Å²) in [6, 6.07) is 0.470. The van der Waals surface area contributed by atoms with Gasteiger partial charge in [-0.1, -0.05) is 0 Å². The summed E-state index contributed by atoms with van der Waals surface area (Å²) in [7, 11) is 1.98. The van der Waals surface area contributed by atoms with Crippen molar-refractivity contribution in [3.05, 3.63) is 56.4 Å². The zero-order valence-electron chi connectivity index (χ0n) is 16.7. The number of aromatic nitrogens is 4. The van der Waals surface area contributed by atoms with E-state index in [1.165, 1.54) is 14.0 Å². The zero-order chi connectivity index (χ0) is 24.2. The van der Waals surface area contributed by atoms with Crippen molar-refractivity contribution in [1.29, 1.82) is 0 Å². The molecule has 0 saturated carbocycles. The smallest absolute Gasteiger partial charge is 0.383 e. The van der Waals surface area contributed by atoms with Crippen LogP contribution in [0.25, 0.3) is 16.7 Å². The molecule has 14 heteroatoms. The molecule has 0 aliphatic rings. The summed E-state index contributed by atoms with van der Waals surface area (Å²) >= 11 is 0. The lowest BCUT2D eigenvalue weighted by molar-refractivity contribution is -0.148. The first kappa shape index (κ1) is 23.5. The van der Waals surface area contributed by atoms with Gasteiger partial charge in [0.2, 0.25) is 5.82 Å². The summed E-state index contributed by atoms with van der Waals surface area (Å²) in [5.41, 5.74) is -6.16. The van der Waals surface area contributed by atoms with Crippen molar-refractivity contribution in [1.82, 2.24) is 18.7 Å². The molecule has 32 heavy (non-hydrogen) atoms. The van der Waals surface area contributed by atoms with Crippen molar-refractivity contribution in [2.75, 3.05) is 13.7 Å². The number of halogens is 7. The average Bonchev–Trinajstić information content (AvgIpc) is 3.03. The number of methoxy groups -OCH3 is 1. The fraction of sp³-hybridized carbons (Fsp3) is 0.389. The Bertz CT molecular complexity index is 1300. The van der Waals surface area contributed by atoms with Crippen LogP contribution in [0.5, 0.6) is 0 Å². The molecule has 1 aromatic carbocycles. The molecule has 0 fully saturated rings. The van der Waals surface area contributed by atoms with Crippen LogP contribution in [0.3, 0.4) is 0 Å². The van der Waals surface area contributed by atoms with E-state index in [-0.39, 0.29) is 27.3 Å². The van der Waals surface area contributed by atoms with E-state index in [1.54, 1.807) is 0 Å². The molecule has 174 valence electrons. The predicted octanol–water partition coefficient (Wildman–Crippen LogP) is 3.27. The van der Waals surface area contributed by atoms with Gasteiger partial charge in [0.1, 0.15) is 11.5 Å². The zero-order valence-corrected chi connectivity index (χ0v) is 16.7.